The number of aliphatic hydroxyl groups excluding tert-OH is 1. The Hall–Kier alpha value is -2.81. The molecule has 2 atom stereocenters. The quantitative estimate of drug-likeness (QED) is 0.363. The second-order valence-electron chi connectivity index (χ2n) is 4.91. The molecule has 24 heavy (non-hydrogen) atoms. The van der Waals surface area contributed by atoms with Crippen LogP contribution >= 0.6 is 0 Å². The zero-order valence-electron chi connectivity index (χ0n) is 12.9. The van der Waals surface area contributed by atoms with Crippen LogP contribution < -0.4 is 5.32 Å². The van der Waals surface area contributed by atoms with E-state index in [2.05, 4.69) is 18.5 Å². The van der Waals surface area contributed by atoms with Crippen LogP contribution in [0.3, 0.4) is 0 Å². The van der Waals surface area contributed by atoms with Crippen LogP contribution in [0.5, 0.6) is 0 Å². The average Bonchev–Trinajstić information content (AvgIpc) is 2.60. The second kappa shape index (κ2) is 7.64. The summed E-state index contributed by atoms with van der Waals surface area (Å²) in [5.74, 6) is -1.39. The van der Waals surface area contributed by atoms with Crippen LogP contribution in [0.15, 0.2) is 36.8 Å². The summed E-state index contributed by atoms with van der Waals surface area (Å²) in [7, 11) is 0. The lowest BCUT2D eigenvalue weighted by atomic mass is 9.93. The zero-order chi connectivity index (χ0) is 17.7. The minimum atomic E-state index is -0.884. The molecule has 1 fully saturated rings. The van der Waals surface area contributed by atoms with Gasteiger partial charge in [0.1, 0.15) is 38.5 Å². The smallest absolute Gasteiger partial charge is 0.408 e. The number of nitrogens with one attached hydrogen (secondary N) is 1. The van der Waals surface area contributed by atoms with E-state index in [1.807, 2.05) is 0 Å². The molecule has 0 radical (unpaired) electrons. The summed E-state index contributed by atoms with van der Waals surface area (Å²) in [6.07, 6.45) is 1.99. The van der Waals surface area contributed by atoms with Crippen molar-refractivity contribution in [2.24, 2.45) is 0 Å². The van der Waals surface area contributed by atoms with Gasteiger partial charge in [-0.05, 0) is 0 Å². The van der Waals surface area contributed by atoms with Gasteiger partial charge in [0.15, 0.2) is 11.5 Å². The average molecular weight is 338 g/mol. The van der Waals surface area contributed by atoms with Gasteiger partial charge in [0.25, 0.3) is 5.91 Å². The Kier molecular flexibility index (Phi) is 5.59. The lowest BCUT2D eigenvalue weighted by Gasteiger charge is -2.49. The number of β-lactam (4-membered cyclic amide) rings is 1. The number of alkyl carbamates (subject to hydrolysis) is 1. The molecule has 1 saturated heterocycles. The first-order valence-electron chi connectivity index (χ1n) is 7.17. The van der Waals surface area contributed by atoms with E-state index in [-0.39, 0.29) is 31.3 Å². The van der Waals surface area contributed by atoms with E-state index < -0.39 is 36.7 Å². The molecule has 0 unspecified atom stereocenters. The number of fused-ring (bicyclic) bond motifs is 1. The van der Waals surface area contributed by atoms with Crippen molar-refractivity contribution in [1.82, 2.24) is 10.2 Å². The lowest BCUT2D eigenvalue weighted by Crippen LogP contribution is -2.73. The normalized spacial score (nSPS) is 21.9. The predicted molar refractivity (Wildman–Crippen MR) is 80.3 cm³/mol. The van der Waals surface area contributed by atoms with E-state index >= 15 is 0 Å². The Balaban J connectivity index is 2.11. The van der Waals surface area contributed by atoms with Gasteiger partial charge in [0.05, 0.1) is 0 Å². The fourth-order valence-electron chi connectivity index (χ4n) is 2.38. The van der Waals surface area contributed by atoms with Crippen molar-refractivity contribution in [1.29, 1.82) is 0 Å². The maximum atomic E-state index is 12.3. The molecule has 2 N–H and O–H groups in total. The number of amides is 2. The largest absolute Gasteiger partial charge is 0.491 e. The predicted octanol–water partition coefficient (Wildman–Crippen LogP) is -0.559. The Morgan fingerprint density at radius 2 is 2.00 bits per heavy atom. The van der Waals surface area contributed by atoms with Gasteiger partial charge >= 0.3 is 12.1 Å². The Morgan fingerprint density at radius 3 is 2.62 bits per heavy atom. The number of carbonyl (C=O) groups is 3. The van der Waals surface area contributed by atoms with Gasteiger partial charge < -0.3 is 24.6 Å². The first-order valence-corrected chi connectivity index (χ1v) is 7.17. The highest BCUT2D eigenvalue weighted by atomic mass is 16.6. The molecular formula is C15H18N2O7. The molecule has 2 rings (SSSR count). The molecular weight excluding hydrogens is 320 g/mol. The van der Waals surface area contributed by atoms with Crippen LogP contribution in [-0.2, 0) is 23.8 Å². The number of nitrogens with zero attached hydrogens (tertiary/aromatic N) is 1. The third-order valence-electron chi connectivity index (χ3n) is 3.43. The van der Waals surface area contributed by atoms with Crippen molar-refractivity contribution in [3.05, 3.63) is 36.8 Å². The van der Waals surface area contributed by atoms with Crippen molar-refractivity contribution < 1.29 is 33.7 Å². The standard InChI is InChI=1S/C15H18N2O7/c1-3-5-22-14(20)12-10(7-18)24-8-9-11(13(19)17(9)12)16-15(21)23-6-4-2/h3-4,9,11,18H,1-2,5-8H2,(H,16,21)/t9-,11+/m1/s1. The molecule has 0 aromatic rings. The second-order valence-corrected chi connectivity index (χ2v) is 4.91. The number of ether oxygens (including phenoxy) is 3. The molecule has 2 aliphatic heterocycles. The topological polar surface area (TPSA) is 114 Å². The number of hydrogen-bond donors (Lipinski definition) is 2. The summed E-state index contributed by atoms with van der Waals surface area (Å²) < 4.78 is 15.0. The van der Waals surface area contributed by atoms with Gasteiger partial charge in [-0.3, -0.25) is 9.69 Å². The molecule has 2 amide bonds. The summed E-state index contributed by atoms with van der Waals surface area (Å²) in [5, 5.41) is 11.7. The van der Waals surface area contributed by atoms with Crippen molar-refractivity contribution in [2.45, 2.75) is 12.1 Å². The molecule has 130 valence electrons. The highest BCUT2D eigenvalue weighted by molar-refractivity contribution is 6.01. The third-order valence-corrected chi connectivity index (χ3v) is 3.43. The lowest BCUT2D eigenvalue weighted by molar-refractivity contribution is -0.160. The number of aliphatic hydroxyl groups is 1. The van der Waals surface area contributed by atoms with E-state index in [9.17, 15) is 19.5 Å². The van der Waals surface area contributed by atoms with Gasteiger partial charge in [0, 0.05) is 0 Å². The minimum Gasteiger partial charge on any atom is -0.491 e. The number of rotatable bonds is 7. The summed E-state index contributed by atoms with van der Waals surface area (Å²) in [6.45, 7) is 6.25. The maximum Gasteiger partial charge on any atom is 0.408 e. The molecule has 0 spiro atoms. The monoisotopic (exact) mass is 338 g/mol. The van der Waals surface area contributed by atoms with Crippen molar-refractivity contribution >= 4 is 18.0 Å². The highest BCUT2D eigenvalue weighted by Crippen LogP contribution is 2.33. The summed E-state index contributed by atoms with van der Waals surface area (Å²) in [6, 6.07) is -1.47. The van der Waals surface area contributed by atoms with Gasteiger partial charge in [-0.2, -0.15) is 0 Å². The minimum absolute atomic E-state index is 0.00528. The zero-order valence-corrected chi connectivity index (χ0v) is 12.9. The number of carbonyl (C=O) groups excluding carboxylic acids is 3. The van der Waals surface area contributed by atoms with Gasteiger partial charge in [0.2, 0.25) is 0 Å². The first-order chi connectivity index (χ1) is 11.5. The van der Waals surface area contributed by atoms with E-state index in [0.29, 0.717) is 0 Å². The van der Waals surface area contributed by atoms with Crippen molar-refractivity contribution in [3.8, 4) is 0 Å². The van der Waals surface area contributed by atoms with Crippen LogP contribution in [0.4, 0.5) is 4.79 Å². The molecule has 9 nitrogen and oxygen atoms in total. The number of hydrogen-bond acceptors (Lipinski definition) is 7. The van der Waals surface area contributed by atoms with Crippen molar-refractivity contribution in [3.63, 3.8) is 0 Å². The van der Waals surface area contributed by atoms with E-state index in [1.165, 1.54) is 12.2 Å². The molecule has 9 heteroatoms. The highest BCUT2D eigenvalue weighted by Gasteiger charge is 2.55. The van der Waals surface area contributed by atoms with Gasteiger partial charge in [-0.1, -0.05) is 25.3 Å². The molecule has 0 aromatic heterocycles. The first kappa shape index (κ1) is 17.5. The van der Waals surface area contributed by atoms with E-state index in [0.717, 1.165) is 4.90 Å². The van der Waals surface area contributed by atoms with E-state index in [1.54, 1.807) is 0 Å². The Morgan fingerprint density at radius 1 is 1.33 bits per heavy atom. The molecule has 2 heterocycles. The van der Waals surface area contributed by atoms with Crippen molar-refractivity contribution in [2.75, 3.05) is 26.4 Å². The number of esters is 1. The summed E-state index contributed by atoms with van der Waals surface area (Å²) in [5.41, 5.74) is -0.168. The van der Waals surface area contributed by atoms with Crippen LogP contribution in [0.1, 0.15) is 0 Å². The SMILES string of the molecule is C=CCOC(=O)N[C@@H]1C(=O)N2C(C(=O)OCC=C)=C(CO)OC[C@H]12. The van der Waals surface area contributed by atoms with Gasteiger partial charge in [-0.25, -0.2) is 9.59 Å². The molecule has 0 aromatic carbocycles. The molecule has 0 bridgehead atoms. The van der Waals surface area contributed by atoms with Gasteiger partial charge in [-0.15, -0.1) is 0 Å². The van der Waals surface area contributed by atoms with E-state index in [4.69, 9.17) is 14.2 Å². The van der Waals surface area contributed by atoms with Crippen LogP contribution in [-0.4, -0.2) is 66.5 Å². The van der Waals surface area contributed by atoms with Crippen LogP contribution in [0.25, 0.3) is 0 Å². The fourth-order valence-corrected chi connectivity index (χ4v) is 2.38. The Labute approximate surface area is 138 Å². The van der Waals surface area contributed by atoms with Crippen LogP contribution in [0, 0.1) is 0 Å². The Bertz CT molecular complexity index is 599. The molecule has 2 aliphatic rings. The molecule has 0 saturated carbocycles. The fraction of sp³-hybridized carbons (Fsp3) is 0.400. The summed E-state index contributed by atoms with van der Waals surface area (Å²) >= 11 is 0. The molecule has 0 aliphatic carbocycles. The third kappa shape index (κ3) is 3.25. The van der Waals surface area contributed by atoms with Crippen LogP contribution in [0.2, 0.25) is 0 Å². The summed E-state index contributed by atoms with van der Waals surface area (Å²) in [4.78, 5) is 37.1. The maximum absolute atomic E-state index is 12.3.